The molecule has 0 unspecified atom stereocenters. The van der Waals surface area contributed by atoms with Gasteiger partial charge < -0.3 is 15.0 Å². The predicted octanol–water partition coefficient (Wildman–Crippen LogP) is 2.83. The Bertz CT molecular complexity index is 824. The summed E-state index contributed by atoms with van der Waals surface area (Å²) in [5.74, 6) is 0.0467. The van der Waals surface area contributed by atoms with Gasteiger partial charge in [0.2, 0.25) is 15.9 Å². The summed E-state index contributed by atoms with van der Waals surface area (Å²) in [4.78, 5) is 15.3. The van der Waals surface area contributed by atoms with Crippen LogP contribution in [-0.2, 0) is 19.6 Å². The summed E-state index contributed by atoms with van der Waals surface area (Å²) in [5, 5.41) is 3.08. The Labute approximate surface area is 173 Å². The molecule has 8 heteroatoms. The van der Waals surface area contributed by atoms with Crippen LogP contribution in [0.4, 0.5) is 11.4 Å². The first kappa shape index (κ1) is 20.6. The van der Waals surface area contributed by atoms with Crippen LogP contribution in [0.25, 0.3) is 0 Å². The highest BCUT2D eigenvalue weighted by molar-refractivity contribution is 7.89. The molecule has 1 saturated carbocycles. The van der Waals surface area contributed by atoms with Crippen molar-refractivity contribution in [2.24, 2.45) is 5.92 Å². The number of sulfonamides is 1. The number of piperidine rings is 1. The van der Waals surface area contributed by atoms with Crippen molar-refractivity contribution >= 4 is 27.3 Å². The van der Waals surface area contributed by atoms with Gasteiger partial charge in [0.15, 0.2) is 0 Å². The van der Waals surface area contributed by atoms with Gasteiger partial charge in [0, 0.05) is 32.1 Å². The molecule has 2 heterocycles. The van der Waals surface area contributed by atoms with Crippen LogP contribution in [0.1, 0.15) is 44.9 Å². The number of hydrogen-bond acceptors (Lipinski definition) is 5. The first-order valence-corrected chi connectivity index (χ1v) is 12.3. The maximum Gasteiger partial charge on any atom is 0.243 e. The van der Waals surface area contributed by atoms with E-state index in [2.05, 4.69) is 10.2 Å². The molecule has 3 aliphatic rings. The number of rotatable bonds is 5. The second-order valence-electron chi connectivity index (χ2n) is 8.21. The van der Waals surface area contributed by atoms with Crippen molar-refractivity contribution in [2.75, 3.05) is 49.6 Å². The van der Waals surface area contributed by atoms with Gasteiger partial charge in [-0.05, 0) is 50.3 Å². The number of ether oxygens (including phenoxy) is 1. The minimum absolute atomic E-state index is 0.0154. The summed E-state index contributed by atoms with van der Waals surface area (Å²) >= 11 is 0. The van der Waals surface area contributed by atoms with Crippen LogP contribution in [0.3, 0.4) is 0 Å². The molecule has 1 aromatic rings. The standard InChI is InChI=1S/C21H31N3O4S/c25-21(17-6-2-3-7-17)22-19-16-18(29(26,27)24-12-14-28-15-13-24)8-9-20(19)23-10-4-1-5-11-23/h8-9,16-17H,1-7,10-15H2,(H,22,25). The molecule has 0 aromatic heterocycles. The van der Waals surface area contributed by atoms with Crippen LogP contribution in [-0.4, -0.2) is 58.0 Å². The second kappa shape index (κ2) is 9.02. The molecule has 1 amide bonds. The van der Waals surface area contributed by atoms with E-state index >= 15 is 0 Å². The largest absolute Gasteiger partial charge is 0.379 e. The molecule has 0 radical (unpaired) electrons. The van der Waals surface area contributed by atoms with E-state index in [-0.39, 0.29) is 16.7 Å². The summed E-state index contributed by atoms with van der Waals surface area (Å²) in [6, 6.07) is 5.20. The number of nitrogens with one attached hydrogen (secondary N) is 1. The lowest BCUT2D eigenvalue weighted by atomic mass is 10.1. The molecule has 29 heavy (non-hydrogen) atoms. The van der Waals surface area contributed by atoms with E-state index in [0.717, 1.165) is 57.3 Å². The molecule has 1 aliphatic carbocycles. The van der Waals surface area contributed by atoms with Crippen molar-refractivity contribution in [2.45, 2.75) is 49.8 Å². The minimum Gasteiger partial charge on any atom is -0.379 e. The average Bonchev–Trinajstić information content (AvgIpc) is 3.30. The topological polar surface area (TPSA) is 79.0 Å². The fourth-order valence-electron chi connectivity index (χ4n) is 4.55. The minimum atomic E-state index is -3.60. The van der Waals surface area contributed by atoms with Gasteiger partial charge in [-0.1, -0.05) is 12.8 Å². The number of nitrogens with zero attached hydrogens (tertiary/aromatic N) is 2. The fraction of sp³-hybridized carbons (Fsp3) is 0.667. The van der Waals surface area contributed by atoms with Crippen molar-refractivity contribution < 1.29 is 17.9 Å². The van der Waals surface area contributed by atoms with E-state index < -0.39 is 10.0 Å². The number of carbonyl (C=O) groups excluding carboxylic acids is 1. The Morgan fingerprint density at radius 3 is 2.34 bits per heavy atom. The Balaban J connectivity index is 1.64. The van der Waals surface area contributed by atoms with E-state index in [9.17, 15) is 13.2 Å². The molecule has 160 valence electrons. The number of hydrogen-bond donors (Lipinski definition) is 1. The zero-order valence-corrected chi connectivity index (χ0v) is 17.8. The summed E-state index contributed by atoms with van der Waals surface area (Å²) < 4.78 is 33.0. The molecule has 4 rings (SSSR count). The van der Waals surface area contributed by atoms with E-state index in [4.69, 9.17) is 4.74 Å². The van der Waals surface area contributed by atoms with Crippen LogP contribution >= 0.6 is 0 Å². The highest BCUT2D eigenvalue weighted by atomic mass is 32.2. The molecule has 0 bridgehead atoms. The molecule has 0 spiro atoms. The van der Waals surface area contributed by atoms with Crippen LogP contribution in [0.2, 0.25) is 0 Å². The molecule has 3 fully saturated rings. The van der Waals surface area contributed by atoms with Crippen LogP contribution in [0.5, 0.6) is 0 Å². The first-order valence-electron chi connectivity index (χ1n) is 10.8. The number of carbonyl (C=O) groups is 1. The average molecular weight is 422 g/mol. The quantitative estimate of drug-likeness (QED) is 0.791. The smallest absolute Gasteiger partial charge is 0.243 e. The van der Waals surface area contributed by atoms with E-state index in [0.29, 0.717) is 32.0 Å². The Morgan fingerprint density at radius 2 is 1.66 bits per heavy atom. The number of morpholine rings is 1. The third-order valence-corrected chi connectivity index (χ3v) is 8.15. The van der Waals surface area contributed by atoms with Crippen LogP contribution in [0, 0.1) is 5.92 Å². The number of benzene rings is 1. The number of anilines is 2. The lowest BCUT2D eigenvalue weighted by Crippen LogP contribution is -2.40. The van der Waals surface area contributed by atoms with Gasteiger partial charge in [0.1, 0.15) is 0 Å². The van der Waals surface area contributed by atoms with Crippen molar-refractivity contribution in [1.29, 1.82) is 0 Å². The van der Waals surface area contributed by atoms with Gasteiger partial charge in [-0.15, -0.1) is 0 Å². The fourth-order valence-corrected chi connectivity index (χ4v) is 5.98. The maximum atomic E-state index is 13.1. The third kappa shape index (κ3) is 4.59. The molecule has 2 aliphatic heterocycles. The molecule has 2 saturated heterocycles. The molecule has 1 aromatic carbocycles. The van der Waals surface area contributed by atoms with Gasteiger partial charge in [-0.3, -0.25) is 4.79 Å². The van der Waals surface area contributed by atoms with Gasteiger partial charge in [-0.2, -0.15) is 4.31 Å². The van der Waals surface area contributed by atoms with Crippen molar-refractivity contribution in [3.05, 3.63) is 18.2 Å². The Kier molecular flexibility index (Phi) is 6.41. The molecular weight excluding hydrogens is 390 g/mol. The highest BCUT2D eigenvalue weighted by Gasteiger charge is 2.29. The van der Waals surface area contributed by atoms with Gasteiger partial charge >= 0.3 is 0 Å². The van der Waals surface area contributed by atoms with Gasteiger partial charge in [-0.25, -0.2) is 8.42 Å². The summed E-state index contributed by atoms with van der Waals surface area (Å²) in [7, 11) is -3.60. The van der Waals surface area contributed by atoms with Crippen molar-refractivity contribution in [3.63, 3.8) is 0 Å². The van der Waals surface area contributed by atoms with E-state index in [1.165, 1.54) is 10.7 Å². The summed E-state index contributed by atoms with van der Waals surface area (Å²) in [6.07, 6.45) is 7.44. The first-order chi connectivity index (χ1) is 14.1. The normalized spacial score (nSPS) is 22.0. The second-order valence-corrected chi connectivity index (χ2v) is 10.2. The van der Waals surface area contributed by atoms with Gasteiger partial charge in [0.25, 0.3) is 0 Å². The molecule has 1 N–H and O–H groups in total. The number of amides is 1. The summed E-state index contributed by atoms with van der Waals surface area (Å²) in [5.41, 5.74) is 1.55. The van der Waals surface area contributed by atoms with Crippen molar-refractivity contribution in [3.8, 4) is 0 Å². The van der Waals surface area contributed by atoms with Crippen LogP contribution in [0.15, 0.2) is 23.1 Å². The molecule has 7 nitrogen and oxygen atoms in total. The van der Waals surface area contributed by atoms with E-state index in [1.54, 1.807) is 12.1 Å². The van der Waals surface area contributed by atoms with Crippen LogP contribution < -0.4 is 10.2 Å². The predicted molar refractivity (Wildman–Crippen MR) is 113 cm³/mol. The molecular formula is C21H31N3O4S. The van der Waals surface area contributed by atoms with E-state index in [1.807, 2.05) is 6.07 Å². The highest BCUT2D eigenvalue weighted by Crippen LogP contribution is 2.34. The SMILES string of the molecule is O=C(Nc1cc(S(=O)(=O)N2CCOCC2)ccc1N1CCCCC1)C1CCCC1. The zero-order chi connectivity index (χ0) is 20.3. The monoisotopic (exact) mass is 421 g/mol. The van der Waals surface area contributed by atoms with Crippen molar-refractivity contribution in [1.82, 2.24) is 4.31 Å². The summed E-state index contributed by atoms with van der Waals surface area (Å²) in [6.45, 7) is 3.41. The Hall–Kier alpha value is -1.64. The van der Waals surface area contributed by atoms with Gasteiger partial charge in [0.05, 0.1) is 29.5 Å². The zero-order valence-electron chi connectivity index (χ0n) is 16.9. The molecule has 0 atom stereocenters. The Morgan fingerprint density at radius 1 is 0.966 bits per heavy atom. The third-order valence-electron chi connectivity index (χ3n) is 6.26. The lowest BCUT2D eigenvalue weighted by Gasteiger charge is -2.31. The maximum absolute atomic E-state index is 13.1. The lowest BCUT2D eigenvalue weighted by molar-refractivity contribution is -0.119.